The van der Waals surface area contributed by atoms with Gasteiger partial charge < -0.3 is 4.74 Å². The van der Waals surface area contributed by atoms with E-state index in [9.17, 15) is 21.6 Å². The van der Waals surface area contributed by atoms with E-state index in [1.54, 1.807) is 0 Å². The molecule has 8 heteroatoms. The Bertz CT molecular complexity index is 901. The van der Waals surface area contributed by atoms with Gasteiger partial charge in [-0.3, -0.25) is 0 Å². The van der Waals surface area contributed by atoms with Crippen molar-refractivity contribution in [2.24, 2.45) is 0 Å². The molecule has 0 atom stereocenters. The Morgan fingerprint density at radius 3 is 2.33 bits per heavy atom. The van der Waals surface area contributed by atoms with Gasteiger partial charge in [-0.05, 0) is 36.4 Å². The van der Waals surface area contributed by atoms with Gasteiger partial charge in [0.25, 0.3) is 0 Å². The molecule has 0 saturated carbocycles. The number of alkyl halides is 2. The lowest BCUT2D eigenvalue weighted by Crippen LogP contribution is -2.05. The zero-order chi connectivity index (χ0) is 17.7. The summed E-state index contributed by atoms with van der Waals surface area (Å²) < 4.78 is 66.8. The summed E-state index contributed by atoms with van der Waals surface area (Å²) in [7, 11) is -4.22. The third kappa shape index (κ3) is 3.94. The number of hydrogen-bond acceptors (Lipinski definition) is 4. The number of nitriles is 1. The smallest absolute Gasteiger partial charge is 0.387 e. The molecular formula is C16H10F3NO3S. The molecule has 0 saturated heterocycles. The number of halogens is 3. The van der Waals surface area contributed by atoms with Crippen LogP contribution in [0.25, 0.3) is 6.08 Å². The highest BCUT2D eigenvalue weighted by Crippen LogP contribution is 2.26. The van der Waals surface area contributed by atoms with Crippen molar-refractivity contribution in [1.29, 1.82) is 5.26 Å². The topological polar surface area (TPSA) is 67.2 Å². The molecule has 0 aromatic heterocycles. The molecular weight excluding hydrogens is 343 g/mol. The van der Waals surface area contributed by atoms with Gasteiger partial charge in [0.2, 0.25) is 9.84 Å². The van der Waals surface area contributed by atoms with Gasteiger partial charge in [-0.25, -0.2) is 12.8 Å². The molecule has 0 unspecified atom stereocenters. The van der Waals surface area contributed by atoms with Crippen molar-refractivity contribution in [2.75, 3.05) is 0 Å². The van der Waals surface area contributed by atoms with Crippen LogP contribution >= 0.6 is 0 Å². The highest BCUT2D eigenvalue weighted by molar-refractivity contribution is 7.95. The van der Waals surface area contributed by atoms with Crippen LogP contribution in [0.15, 0.2) is 58.3 Å². The standard InChI is InChI=1S/C16H10F3NO3S/c17-12-5-7-13(8-6-12)24(21,22)14(10-20)9-11-3-1-2-4-15(11)23-16(18)19/h1-9,16H/b14-9+. The number of rotatable bonds is 5. The fourth-order valence-electron chi connectivity index (χ4n) is 1.85. The van der Waals surface area contributed by atoms with Crippen LogP contribution in [-0.4, -0.2) is 15.0 Å². The normalized spacial score (nSPS) is 12.0. The fourth-order valence-corrected chi connectivity index (χ4v) is 3.01. The Morgan fingerprint density at radius 1 is 1.12 bits per heavy atom. The first kappa shape index (κ1) is 17.6. The molecule has 0 aliphatic heterocycles. The maximum absolute atomic E-state index is 12.9. The maximum atomic E-state index is 12.9. The predicted octanol–water partition coefficient (Wildman–Crippen LogP) is 3.77. The van der Waals surface area contributed by atoms with E-state index in [1.807, 2.05) is 0 Å². The van der Waals surface area contributed by atoms with E-state index in [-0.39, 0.29) is 16.2 Å². The summed E-state index contributed by atoms with van der Waals surface area (Å²) in [6.45, 7) is -3.10. The average Bonchev–Trinajstić information content (AvgIpc) is 2.53. The first-order valence-corrected chi connectivity index (χ1v) is 7.99. The van der Waals surface area contributed by atoms with E-state index in [0.717, 1.165) is 30.3 Å². The Labute approximate surface area is 136 Å². The van der Waals surface area contributed by atoms with Crippen LogP contribution in [0.4, 0.5) is 13.2 Å². The van der Waals surface area contributed by atoms with Crippen LogP contribution in [0, 0.1) is 17.1 Å². The first-order valence-electron chi connectivity index (χ1n) is 6.51. The molecule has 4 nitrogen and oxygen atoms in total. The van der Waals surface area contributed by atoms with Crippen LogP contribution in [-0.2, 0) is 9.84 Å². The summed E-state index contributed by atoms with van der Waals surface area (Å²) >= 11 is 0. The van der Waals surface area contributed by atoms with Gasteiger partial charge in [0.1, 0.15) is 22.5 Å². The third-order valence-corrected chi connectivity index (χ3v) is 4.63. The van der Waals surface area contributed by atoms with E-state index in [1.165, 1.54) is 30.3 Å². The molecule has 2 rings (SSSR count). The third-order valence-electron chi connectivity index (χ3n) is 2.95. The van der Waals surface area contributed by atoms with Crippen molar-refractivity contribution in [2.45, 2.75) is 11.5 Å². The Kier molecular flexibility index (Phi) is 5.26. The summed E-state index contributed by atoms with van der Waals surface area (Å²) in [5.74, 6) is -0.901. The van der Waals surface area contributed by atoms with Crippen LogP contribution in [0.5, 0.6) is 5.75 Å². The lowest BCUT2D eigenvalue weighted by Gasteiger charge is -2.08. The minimum absolute atomic E-state index is 0.0000340. The van der Waals surface area contributed by atoms with Gasteiger partial charge in [-0.2, -0.15) is 14.0 Å². The van der Waals surface area contributed by atoms with Crippen LogP contribution in [0.1, 0.15) is 5.56 Å². The molecule has 0 spiro atoms. The molecule has 2 aromatic carbocycles. The molecule has 24 heavy (non-hydrogen) atoms. The molecule has 0 aliphatic carbocycles. The Balaban J connectivity index is 2.51. The van der Waals surface area contributed by atoms with Gasteiger partial charge >= 0.3 is 6.61 Å². The van der Waals surface area contributed by atoms with E-state index < -0.39 is 27.2 Å². The minimum Gasteiger partial charge on any atom is -0.434 e. The molecule has 0 radical (unpaired) electrons. The van der Waals surface area contributed by atoms with Crippen molar-refractivity contribution in [1.82, 2.24) is 0 Å². The second-order valence-corrected chi connectivity index (χ2v) is 6.41. The quantitative estimate of drug-likeness (QED) is 0.606. The van der Waals surface area contributed by atoms with Crippen molar-refractivity contribution in [3.05, 3.63) is 64.8 Å². The average molecular weight is 353 g/mol. The largest absolute Gasteiger partial charge is 0.434 e. The molecule has 0 heterocycles. The van der Waals surface area contributed by atoms with E-state index in [0.29, 0.717) is 0 Å². The summed E-state index contributed by atoms with van der Waals surface area (Å²) in [5, 5.41) is 9.15. The second kappa shape index (κ2) is 7.19. The van der Waals surface area contributed by atoms with Crippen molar-refractivity contribution in [3.8, 4) is 11.8 Å². The number of allylic oxidation sites excluding steroid dienone is 1. The molecule has 2 aromatic rings. The van der Waals surface area contributed by atoms with Gasteiger partial charge in [-0.15, -0.1) is 0 Å². The molecule has 0 bridgehead atoms. The zero-order valence-electron chi connectivity index (χ0n) is 12.0. The van der Waals surface area contributed by atoms with E-state index in [4.69, 9.17) is 5.26 Å². The maximum Gasteiger partial charge on any atom is 0.387 e. The van der Waals surface area contributed by atoms with Gasteiger partial charge in [0, 0.05) is 5.56 Å². The highest BCUT2D eigenvalue weighted by Gasteiger charge is 2.21. The summed E-state index contributed by atoms with van der Waals surface area (Å²) in [6, 6.07) is 10.9. The number of hydrogen-bond donors (Lipinski definition) is 0. The highest BCUT2D eigenvalue weighted by atomic mass is 32.2. The molecule has 124 valence electrons. The van der Waals surface area contributed by atoms with Gasteiger partial charge in [0.15, 0.2) is 0 Å². The molecule has 0 fully saturated rings. The Morgan fingerprint density at radius 2 is 1.75 bits per heavy atom. The summed E-state index contributed by atoms with van der Waals surface area (Å²) in [4.78, 5) is -0.969. The van der Waals surface area contributed by atoms with Gasteiger partial charge in [-0.1, -0.05) is 18.2 Å². The van der Waals surface area contributed by atoms with Crippen LogP contribution in [0.3, 0.4) is 0 Å². The predicted molar refractivity (Wildman–Crippen MR) is 80.2 cm³/mol. The SMILES string of the molecule is N#C/C(=C\c1ccccc1OC(F)F)S(=O)(=O)c1ccc(F)cc1. The Hall–Kier alpha value is -2.79. The number of benzene rings is 2. The van der Waals surface area contributed by atoms with Crippen LogP contribution in [0.2, 0.25) is 0 Å². The van der Waals surface area contributed by atoms with Crippen molar-refractivity contribution >= 4 is 15.9 Å². The lowest BCUT2D eigenvalue weighted by atomic mass is 10.2. The van der Waals surface area contributed by atoms with E-state index >= 15 is 0 Å². The number of ether oxygens (including phenoxy) is 1. The monoisotopic (exact) mass is 353 g/mol. The first-order chi connectivity index (χ1) is 11.3. The van der Waals surface area contributed by atoms with E-state index in [2.05, 4.69) is 4.74 Å². The lowest BCUT2D eigenvalue weighted by molar-refractivity contribution is -0.0499. The number of nitrogens with zero attached hydrogens (tertiary/aromatic N) is 1. The minimum atomic E-state index is -4.22. The summed E-state index contributed by atoms with van der Waals surface area (Å²) in [6.07, 6.45) is 0.927. The zero-order valence-corrected chi connectivity index (χ0v) is 12.8. The number of para-hydroxylation sites is 1. The second-order valence-electron chi connectivity index (χ2n) is 4.49. The van der Waals surface area contributed by atoms with Crippen molar-refractivity contribution < 1.29 is 26.3 Å². The fraction of sp³-hybridized carbons (Fsp3) is 0.0625. The number of sulfone groups is 1. The summed E-state index contributed by atoms with van der Waals surface area (Å²) in [5.41, 5.74) is 0.0000340. The molecule has 0 N–H and O–H groups in total. The molecule has 0 aliphatic rings. The van der Waals surface area contributed by atoms with Crippen molar-refractivity contribution in [3.63, 3.8) is 0 Å². The van der Waals surface area contributed by atoms with Gasteiger partial charge in [0.05, 0.1) is 4.90 Å². The van der Waals surface area contributed by atoms with Crippen LogP contribution < -0.4 is 4.74 Å². The molecule has 0 amide bonds.